The lowest BCUT2D eigenvalue weighted by Crippen LogP contribution is -2.26. The first-order valence-electron chi connectivity index (χ1n) is 9.43. The van der Waals surface area contributed by atoms with Gasteiger partial charge in [0.15, 0.2) is 4.77 Å². The molecule has 0 aliphatic carbocycles. The Balaban J connectivity index is 1.55. The van der Waals surface area contributed by atoms with Crippen LogP contribution in [0.5, 0.6) is 0 Å². The molecule has 4 rings (SSSR count). The molecular weight excluding hydrogens is 430 g/mol. The number of fused-ring (bicyclic) bond motifs is 1. The van der Waals surface area contributed by atoms with Gasteiger partial charge in [-0.15, -0.1) is 0 Å². The van der Waals surface area contributed by atoms with Crippen molar-refractivity contribution in [2.75, 3.05) is 0 Å². The average Bonchev–Trinajstić information content (AvgIpc) is 3.25. The first-order valence-corrected chi connectivity index (χ1v) is 10.2. The summed E-state index contributed by atoms with van der Waals surface area (Å²) in [6.45, 7) is 0.711. The van der Waals surface area contributed by atoms with Gasteiger partial charge in [-0.3, -0.25) is 9.78 Å². The molecule has 0 saturated heterocycles. The predicted octanol–water partition coefficient (Wildman–Crippen LogP) is 4.08. The summed E-state index contributed by atoms with van der Waals surface area (Å²) in [4.78, 5) is 16.6. The van der Waals surface area contributed by atoms with Crippen molar-refractivity contribution in [2.24, 2.45) is 7.05 Å². The van der Waals surface area contributed by atoms with E-state index in [9.17, 15) is 13.6 Å². The van der Waals surface area contributed by atoms with Gasteiger partial charge in [-0.25, -0.2) is 8.78 Å². The molecule has 1 aliphatic rings. The highest BCUT2D eigenvalue weighted by Gasteiger charge is 2.32. The predicted molar refractivity (Wildman–Crippen MR) is 112 cm³/mol. The Bertz CT molecular complexity index is 1180. The van der Waals surface area contributed by atoms with Crippen LogP contribution in [-0.2, 0) is 37.8 Å². The standard InChI is InChI=1S/C21H19ClF2N4OS/c1-27-16(8-18(29)26-10-12-3-2-6-25-9-12)17-7-13(11-28(17)21(27)30)19-15(23)5-4-14(22)20(19)24/h2-6,9,13H,7-8,10-11H2,1H3,(H,26,29). The van der Waals surface area contributed by atoms with E-state index in [1.54, 1.807) is 30.1 Å². The summed E-state index contributed by atoms with van der Waals surface area (Å²) >= 11 is 11.4. The van der Waals surface area contributed by atoms with E-state index in [-0.39, 0.29) is 22.9 Å². The molecular formula is C21H19ClF2N4OS. The highest BCUT2D eigenvalue weighted by atomic mass is 35.5. The van der Waals surface area contributed by atoms with Crippen LogP contribution in [0.15, 0.2) is 36.7 Å². The van der Waals surface area contributed by atoms with Gasteiger partial charge in [-0.2, -0.15) is 0 Å². The van der Waals surface area contributed by atoms with Gasteiger partial charge in [0.1, 0.15) is 11.6 Å². The molecule has 3 heterocycles. The summed E-state index contributed by atoms with van der Waals surface area (Å²) in [5, 5.41) is 2.76. The number of carbonyl (C=O) groups is 1. The van der Waals surface area contributed by atoms with Crippen LogP contribution in [-0.4, -0.2) is 20.0 Å². The number of hydrogen-bond donors (Lipinski definition) is 1. The fourth-order valence-corrected chi connectivity index (χ4v) is 4.40. The van der Waals surface area contributed by atoms with Crippen molar-refractivity contribution in [1.29, 1.82) is 0 Å². The molecule has 0 saturated carbocycles. The fraction of sp³-hybridized carbons (Fsp3) is 0.286. The number of amides is 1. The zero-order valence-electron chi connectivity index (χ0n) is 16.2. The molecule has 9 heteroatoms. The topological polar surface area (TPSA) is 51.9 Å². The second-order valence-corrected chi connectivity index (χ2v) is 8.09. The Hall–Kier alpha value is -2.58. The molecule has 0 bridgehead atoms. The molecule has 0 fully saturated rings. The SMILES string of the molecule is Cn1c(CC(=O)NCc2cccnc2)c2n(c1=S)CC(c1c(F)ccc(Cl)c1F)C2. The van der Waals surface area contributed by atoms with Crippen LogP contribution in [0.4, 0.5) is 8.78 Å². The van der Waals surface area contributed by atoms with E-state index in [4.69, 9.17) is 23.8 Å². The van der Waals surface area contributed by atoms with Crippen LogP contribution in [0.3, 0.4) is 0 Å². The molecule has 3 aromatic rings. The largest absolute Gasteiger partial charge is 0.352 e. The number of nitrogens with one attached hydrogen (secondary N) is 1. The minimum absolute atomic E-state index is 0.0322. The molecule has 1 aliphatic heterocycles. The minimum Gasteiger partial charge on any atom is -0.352 e. The number of aromatic nitrogens is 3. The maximum atomic E-state index is 14.5. The van der Waals surface area contributed by atoms with Crippen LogP contribution < -0.4 is 5.32 Å². The van der Waals surface area contributed by atoms with Crippen molar-refractivity contribution in [3.63, 3.8) is 0 Å². The summed E-state index contributed by atoms with van der Waals surface area (Å²) in [5.41, 5.74) is 2.43. The van der Waals surface area contributed by atoms with Crippen LogP contribution in [0.25, 0.3) is 0 Å². The third kappa shape index (κ3) is 3.77. The Morgan fingerprint density at radius 2 is 2.17 bits per heavy atom. The second-order valence-electron chi connectivity index (χ2n) is 7.32. The van der Waals surface area contributed by atoms with Crippen LogP contribution in [0, 0.1) is 16.4 Å². The first kappa shape index (κ1) is 20.7. The van der Waals surface area contributed by atoms with Gasteiger partial charge in [0.25, 0.3) is 0 Å². The molecule has 1 unspecified atom stereocenters. The molecule has 5 nitrogen and oxygen atoms in total. The smallest absolute Gasteiger partial charge is 0.226 e. The number of nitrogens with zero attached hydrogens (tertiary/aromatic N) is 3. The molecule has 2 aromatic heterocycles. The Labute approximate surface area is 182 Å². The molecule has 0 radical (unpaired) electrons. The van der Waals surface area contributed by atoms with E-state index in [1.807, 2.05) is 10.6 Å². The Morgan fingerprint density at radius 1 is 1.37 bits per heavy atom. The lowest BCUT2D eigenvalue weighted by molar-refractivity contribution is -0.120. The van der Waals surface area contributed by atoms with Crippen LogP contribution in [0.1, 0.15) is 28.4 Å². The number of carbonyl (C=O) groups excluding carboxylic acids is 1. The number of halogens is 3. The molecule has 1 atom stereocenters. The summed E-state index contributed by atoms with van der Waals surface area (Å²) in [6.07, 6.45) is 3.86. The summed E-state index contributed by atoms with van der Waals surface area (Å²) < 4.78 is 33.0. The summed E-state index contributed by atoms with van der Waals surface area (Å²) in [5.74, 6) is -1.96. The van der Waals surface area contributed by atoms with Crippen molar-refractivity contribution < 1.29 is 13.6 Å². The lowest BCUT2D eigenvalue weighted by atomic mass is 9.95. The second kappa shape index (κ2) is 8.28. The minimum atomic E-state index is -0.738. The first-order chi connectivity index (χ1) is 14.4. The Morgan fingerprint density at radius 3 is 2.90 bits per heavy atom. The molecule has 0 spiro atoms. The van der Waals surface area contributed by atoms with E-state index >= 15 is 0 Å². The molecule has 30 heavy (non-hydrogen) atoms. The highest BCUT2D eigenvalue weighted by molar-refractivity contribution is 7.71. The van der Waals surface area contributed by atoms with Crippen molar-refractivity contribution in [2.45, 2.75) is 31.8 Å². The molecule has 1 N–H and O–H groups in total. The van der Waals surface area contributed by atoms with Crippen LogP contribution >= 0.6 is 23.8 Å². The number of hydrogen-bond acceptors (Lipinski definition) is 3. The molecule has 1 amide bonds. The van der Waals surface area contributed by atoms with E-state index in [0.717, 1.165) is 17.0 Å². The quantitative estimate of drug-likeness (QED) is 0.472. The number of pyridine rings is 1. The number of benzene rings is 1. The molecule has 1 aromatic carbocycles. The zero-order chi connectivity index (χ0) is 21.4. The van der Waals surface area contributed by atoms with Crippen molar-refractivity contribution in [3.8, 4) is 0 Å². The van der Waals surface area contributed by atoms with E-state index in [0.29, 0.717) is 24.3 Å². The van der Waals surface area contributed by atoms with E-state index in [2.05, 4.69) is 10.3 Å². The van der Waals surface area contributed by atoms with Gasteiger partial charge in [0.05, 0.1) is 11.4 Å². The fourth-order valence-electron chi connectivity index (χ4n) is 3.94. The van der Waals surface area contributed by atoms with E-state index in [1.165, 1.54) is 12.1 Å². The van der Waals surface area contributed by atoms with Crippen molar-refractivity contribution in [1.82, 2.24) is 19.4 Å². The summed E-state index contributed by atoms with van der Waals surface area (Å²) in [6, 6.07) is 6.07. The third-order valence-electron chi connectivity index (χ3n) is 5.45. The molecule has 156 valence electrons. The van der Waals surface area contributed by atoms with Gasteiger partial charge >= 0.3 is 0 Å². The van der Waals surface area contributed by atoms with Crippen molar-refractivity contribution >= 4 is 29.7 Å². The maximum Gasteiger partial charge on any atom is 0.226 e. The average molecular weight is 449 g/mol. The highest BCUT2D eigenvalue weighted by Crippen LogP contribution is 2.37. The third-order valence-corrected chi connectivity index (χ3v) is 6.24. The van der Waals surface area contributed by atoms with Gasteiger partial charge < -0.3 is 14.5 Å². The summed E-state index contributed by atoms with van der Waals surface area (Å²) in [7, 11) is 1.80. The van der Waals surface area contributed by atoms with Crippen LogP contribution in [0.2, 0.25) is 5.02 Å². The van der Waals surface area contributed by atoms with Gasteiger partial charge in [-0.1, -0.05) is 17.7 Å². The zero-order valence-corrected chi connectivity index (χ0v) is 17.7. The van der Waals surface area contributed by atoms with Gasteiger partial charge in [0.2, 0.25) is 5.91 Å². The van der Waals surface area contributed by atoms with E-state index < -0.39 is 17.6 Å². The maximum absolute atomic E-state index is 14.5. The monoisotopic (exact) mass is 448 g/mol. The normalized spacial score (nSPS) is 15.3. The number of imidazole rings is 1. The Kier molecular flexibility index (Phi) is 5.71. The van der Waals surface area contributed by atoms with Gasteiger partial charge in [-0.05, 0) is 42.4 Å². The lowest BCUT2D eigenvalue weighted by Gasteiger charge is -2.14. The van der Waals surface area contributed by atoms with Crippen molar-refractivity contribution in [3.05, 3.63) is 80.6 Å². The van der Waals surface area contributed by atoms with Gasteiger partial charge in [0, 0.05) is 55.4 Å². The number of rotatable bonds is 5.